The topological polar surface area (TPSA) is 58.8 Å². The van der Waals surface area contributed by atoms with Crippen molar-refractivity contribution in [2.24, 2.45) is 0 Å². The lowest BCUT2D eigenvalue weighted by molar-refractivity contribution is 0.140. The van der Waals surface area contributed by atoms with Crippen molar-refractivity contribution < 1.29 is 17.9 Å². The minimum absolute atomic E-state index is 0.121. The summed E-state index contributed by atoms with van der Waals surface area (Å²) in [6.07, 6.45) is -2.88. The van der Waals surface area contributed by atoms with E-state index >= 15 is 0 Å². The molecule has 0 fully saturated rings. The standard InChI is InChI=1S/C16H8F3N3O/c17-11-7-9(8-20)5-6-13(11)23-16-10-3-1-2-4-12(10)21-15(22-16)14(18)19/h1-7,14H. The van der Waals surface area contributed by atoms with Gasteiger partial charge in [-0.3, -0.25) is 0 Å². The Morgan fingerprint density at radius 2 is 1.87 bits per heavy atom. The summed E-state index contributed by atoms with van der Waals surface area (Å²) >= 11 is 0. The normalized spacial score (nSPS) is 10.7. The SMILES string of the molecule is N#Cc1ccc(Oc2nc(C(F)F)nc3ccccc23)c(F)c1. The summed E-state index contributed by atoms with van der Waals surface area (Å²) < 4.78 is 45.1. The Balaban J connectivity index is 2.10. The smallest absolute Gasteiger partial charge is 0.297 e. The van der Waals surface area contributed by atoms with E-state index in [1.165, 1.54) is 18.2 Å². The Bertz CT molecular complexity index is 922. The number of rotatable bonds is 3. The molecule has 0 atom stereocenters. The second kappa shape index (κ2) is 5.93. The van der Waals surface area contributed by atoms with Crippen molar-refractivity contribution in [2.75, 3.05) is 0 Å². The molecule has 0 spiro atoms. The molecular formula is C16H8F3N3O. The van der Waals surface area contributed by atoms with E-state index in [9.17, 15) is 13.2 Å². The van der Waals surface area contributed by atoms with Crippen molar-refractivity contribution >= 4 is 10.9 Å². The number of hydrogen-bond donors (Lipinski definition) is 0. The number of nitrogens with zero attached hydrogens (tertiary/aromatic N) is 3. The maximum atomic E-state index is 13.9. The van der Waals surface area contributed by atoms with Gasteiger partial charge in [-0.05, 0) is 30.3 Å². The van der Waals surface area contributed by atoms with Crippen LogP contribution < -0.4 is 4.74 Å². The summed E-state index contributed by atoms with van der Waals surface area (Å²) in [6, 6.07) is 11.8. The average molecular weight is 315 g/mol. The molecule has 7 heteroatoms. The molecular weight excluding hydrogens is 307 g/mol. The number of halogens is 3. The van der Waals surface area contributed by atoms with Crippen LogP contribution in [0.25, 0.3) is 10.9 Å². The first kappa shape index (κ1) is 14.8. The van der Waals surface area contributed by atoms with E-state index in [0.717, 1.165) is 6.07 Å². The number of hydrogen-bond acceptors (Lipinski definition) is 4. The van der Waals surface area contributed by atoms with Crippen LogP contribution in [0.15, 0.2) is 42.5 Å². The summed E-state index contributed by atoms with van der Waals surface area (Å²) in [5.41, 5.74) is 0.387. The maximum Gasteiger partial charge on any atom is 0.297 e. The third-order valence-electron chi connectivity index (χ3n) is 3.05. The molecule has 0 saturated carbocycles. The minimum Gasteiger partial charge on any atom is -0.435 e. The quantitative estimate of drug-likeness (QED) is 0.720. The van der Waals surface area contributed by atoms with Crippen LogP contribution in [0.2, 0.25) is 0 Å². The summed E-state index contributed by atoms with van der Waals surface area (Å²) in [5.74, 6) is -1.87. The van der Waals surface area contributed by atoms with E-state index in [4.69, 9.17) is 10.00 Å². The summed E-state index contributed by atoms with van der Waals surface area (Å²) in [6.45, 7) is 0. The fraction of sp³-hybridized carbons (Fsp3) is 0.0625. The molecule has 0 aliphatic carbocycles. The van der Waals surface area contributed by atoms with Crippen LogP contribution in [-0.4, -0.2) is 9.97 Å². The second-order valence-electron chi connectivity index (χ2n) is 4.56. The van der Waals surface area contributed by atoms with Gasteiger partial charge in [0.2, 0.25) is 5.88 Å². The van der Waals surface area contributed by atoms with Crippen molar-refractivity contribution in [3.8, 4) is 17.7 Å². The highest BCUT2D eigenvalue weighted by Gasteiger charge is 2.17. The Morgan fingerprint density at radius 3 is 2.57 bits per heavy atom. The molecule has 0 saturated heterocycles. The lowest BCUT2D eigenvalue weighted by atomic mass is 10.2. The maximum absolute atomic E-state index is 13.9. The first-order chi connectivity index (χ1) is 11.1. The summed E-state index contributed by atoms with van der Waals surface area (Å²) in [7, 11) is 0. The molecule has 23 heavy (non-hydrogen) atoms. The van der Waals surface area contributed by atoms with E-state index in [2.05, 4.69) is 9.97 Å². The fourth-order valence-corrected chi connectivity index (χ4v) is 2.00. The van der Waals surface area contributed by atoms with Crippen LogP contribution in [0.3, 0.4) is 0 Å². The molecule has 4 nitrogen and oxygen atoms in total. The number of ether oxygens (including phenoxy) is 1. The number of para-hydroxylation sites is 1. The Labute approximate surface area is 128 Å². The molecule has 3 aromatic rings. The van der Waals surface area contributed by atoms with E-state index < -0.39 is 18.1 Å². The highest BCUT2D eigenvalue weighted by atomic mass is 19.3. The van der Waals surface area contributed by atoms with E-state index in [1.54, 1.807) is 24.3 Å². The molecule has 0 amide bonds. The van der Waals surface area contributed by atoms with Crippen LogP contribution >= 0.6 is 0 Å². The van der Waals surface area contributed by atoms with Gasteiger partial charge in [0.1, 0.15) is 0 Å². The Morgan fingerprint density at radius 1 is 1.09 bits per heavy atom. The van der Waals surface area contributed by atoms with Crippen molar-refractivity contribution in [2.45, 2.75) is 6.43 Å². The molecule has 0 bridgehead atoms. The molecule has 0 unspecified atom stereocenters. The van der Waals surface area contributed by atoms with Gasteiger partial charge in [0, 0.05) is 0 Å². The third-order valence-corrected chi connectivity index (χ3v) is 3.05. The molecule has 1 aromatic heterocycles. The Hall–Kier alpha value is -3.14. The average Bonchev–Trinajstić information content (AvgIpc) is 2.56. The van der Waals surface area contributed by atoms with E-state index in [0.29, 0.717) is 5.39 Å². The van der Waals surface area contributed by atoms with Crippen molar-refractivity contribution in [1.29, 1.82) is 5.26 Å². The van der Waals surface area contributed by atoms with Crippen molar-refractivity contribution in [3.63, 3.8) is 0 Å². The largest absolute Gasteiger partial charge is 0.435 e. The van der Waals surface area contributed by atoms with Crippen LogP contribution in [0.4, 0.5) is 13.2 Å². The number of fused-ring (bicyclic) bond motifs is 1. The lowest BCUT2D eigenvalue weighted by Crippen LogP contribution is -2.00. The van der Waals surface area contributed by atoms with Gasteiger partial charge in [-0.15, -0.1) is 0 Å². The molecule has 2 aromatic carbocycles. The van der Waals surface area contributed by atoms with Gasteiger partial charge in [0.05, 0.1) is 22.5 Å². The summed E-state index contributed by atoms with van der Waals surface area (Å²) in [4.78, 5) is 7.41. The van der Waals surface area contributed by atoms with Crippen molar-refractivity contribution in [1.82, 2.24) is 9.97 Å². The first-order valence-corrected chi connectivity index (χ1v) is 6.51. The number of benzene rings is 2. The second-order valence-corrected chi connectivity index (χ2v) is 4.56. The highest BCUT2D eigenvalue weighted by Crippen LogP contribution is 2.31. The van der Waals surface area contributed by atoms with Gasteiger partial charge in [0.15, 0.2) is 17.4 Å². The van der Waals surface area contributed by atoms with Gasteiger partial charge >= 0.3 is 0 Å². The highest BCUT2D eigenvalue weighted by molar-refractivity contribution is 5.83. The van der Waals surface area contributed by atoms with E-state index in [1.807, 2.05) is 0 Å². The minimum atomic E-state index is -2.88. The van der Waals surface area contributed by atoms with Gasteiger partial charge in [-0.1, -0.05) is 12.1 Å². The molecule has 114 valence electrons. The lowest BCUT2D eigenvalue weighted by Gasteiger charge is -2.10. The number of alkyl halides is 2. The first-order valence-electron chi connectivity index (χ1n) is 6.51. The Kier molecular flexibility index (Phi) is 3.81. The van der Waals surface area contributed by atoms with Gasteiger partial charge < -0.3 is 4.74 Å². The van der Waals surface area contributed by atoms with Gasteiger partial charge in [0.25, 0.3) is 6.43 Å². The zero-order chi connectivity index (χ0) is 16.4. The van der Waals surface area contributed by atoms with Gasteiger partial charge in [-0.2, -0.15) is 10.2 Å². The van der Waals surface area contributed by atoms with Crippen LogP contribution in [-0.2, 0) is 0 Å². The molecule has 0 aliphatic heterocycles. The summed E-state index contributed by atoms with van der Waals surface area (Å²) in [5, 5.41) is 9.10. The predicted molar refractivity (Wildman–Crippen MR) is 75.7 cm³/mol. The van der Waals surface area contributed by atoms with Crippen molar-refractivity contribution in [3.05, 3.63) is 59.7 Å². The molecule has 0 radical (unpaired) electrons. The van der Waals surface area contributed by atoms with Crippen LogP contribution in [0.1, 0.15) is 17.8 Å². The monoisotopic (exact) mass is 315 g/mol. The molecule has 0 aliphatic rings. The molecule has 1 heterocycles. The zero-order valence-electron chi connectivity index (χ0n) is 11.5. The zero-order valence-corrected chi connectivity index (χ0v) is 11.5. The predicted octanol–water partition coefficient (Wildman–Crippen LogP) is 4.37. The number of aromatic nitrogens is 2. The van der Waals surface area contributed by atoms with Crippen LogP contribution in [0.5, 0.6) is 11.6 Å². The van der Waals surface area contributed by atoms with E-state index in [-0.39, 0.29) is 22.7 Å². The molecule has 0 N–H and O–H groups in total. The van der Waals surface area contributed by atoms with Crippen LogP contribution in [0, 0.1) is 17.1 Å². The fourth-order valence-electron chi connectivity index (χ4n) is 2.00. The third kappa shape index (κ3) is 2.92. The number of nitriles is 1. The van der Waals surface area contributed by atoms with Gasteiger partial charge in [-0.25, -0.2) is 18.2 Å². The molecule has 3 rings (SSSR count).